The van der Waals surface area contributed by atoms with Gasteiger partial charge in [0.15, 0.2) is 0 Å². The minimum atomic E-state index is 1.10. The summed E-state index contributed by atoms with van der Waals surface area (Å²) in [5, 5.41) is 0. The highest BCUT2D eigenvalue weighted by Crippen LogP contribution is 2.35. The number of benzene rings is 2. The van der Waals surface area contributed by atoms with Gasteiger partial charge in [-0.2, -0.15) is 0 Å². The number of nitrogens with zero attached hydrogens (tertiary/aromatic N) is 1. The predicted molar refractivity (Wildman–Crippen MR) is 94.9 cm³/mol. The van der Waals surface area contributed by atoms with E-state index in [0.717, 1.165) is 19.5 Å². The van der Waals surface area contributed by atoms with Gasteiger partial charge in [-0.15, -0.1) is 0 Å². The Bertz CT molecular complexity index is 483. The molecule has 3 rings (SSSR count). The van der Waals surface area contributed by atoms with Gasteiger partial charge in [-0.25, -0.2) is 0 Å². The average Bonchev–Trinajstić information content (AvgIpc) is 2.95. The van der Waals surface area contributed by atoms with Crippen molar-refractivity contribution in [1.29, 1.82) is 0 Å². The van der Waals surface area contributed by atoms with Gasteiger partial charge in [0.1, 0.15) is 0 Å². The van der Waals surface area contributed by atoms with Gasteiger partial charge in [0.05, 0.1) is 0 Å². The summed E-state index contributed by atoms with van der Waals surface area (Å²) in [6, 6.07) is 17.3. The van der Waals surface area contributed by atoms with E-state index in [1.807, 2.05) is 13.8 Å². The molecule has 0 saturated carbocycles. The van der Waals surface area contributed by atoms with Gasteiger partial charge in [-0.3, -0.25) is 0 Å². The first-order chi connectivity index (χ1) is 10.3. The van der Waals surface area contributed by atoms with Crippen molar-refractivity contribution in [2.24, 2.45) is 0 Å². The standard InChI is InChI=1S/C13H10.C5H13N.C2H6/c1-3-7-12-10(5-1)9-11-6-2-4-8-13(11)12;1-4-6(3)5-2;1-2/h1-8H,9H2;4-5H2,1-3H3;1-2H3. The van der Waals surface area contributed by atoms with Crippen molar-refractivity contribution in [1.82, 2.24) is 4.90 Å². The van der Waals surface area contributed by atoms with Crippen molar-refractivity contribution in [2.45, 2.75) is 34.1 Å². The summed E-state index contributed by atoms with van der Waals surface area (Å²) in [5.74, 6) is 0. The first-order valence-corrected chi connectivity index (χ1v) is 8.11. The Hall–Kier alpha value is -1.60. The number of hydrogen-bond acceptors (Lipinski definition) is 1. The molecule has 0 radical (unpaired) electrons. The normalized spacial score (nSPS) is 10.8. The van der Waals surface area contributed by atoms with E-state index in [1.165, 1.54) is 22.3 Å². The van der Waals surface area contributed by atoms with E-state index in [9.17, 15) is 0 Å². The molecular formula is C20H29N. The molecule has 1 nitrogen and oxygen atoms in total. The average molecular weight is 283 g/mol. The Labute approximate surface area is 130 Å². The monoisotopic (exact) mass is 283 g/mol. The Morgan fingerprint density at radius 1 is 0.762 bits per heavy atom. The fraction of sp³-hybridized carbons (Fsp3) is 0.400. The molecule has 1 aliphatic rings. The van der Waals surface area contributed by atoms with Crippen LogP contribution in [-0.2, 0) is 6.42 Å². The number of hydrogen-bond donors (Lipinski definition) is 0. The first-order valence-electron chi connectivity index (χ1n) is 8.11. The third-order valence-electron chi connectivity index (χ3n) is 3.79. The quantitative estimate of drug-likeness (QED) is 0.621. The van der Waals surface area contributed by atoms with E-state index in [-0.39, 0.29) is 0 Å². The smallest absolute Gasteiger partial charge is 0.00135 e. The van der Waals surface area contributed by atoms with Gasteiger partial charge in [-0.1, -0.05) is 76.2 Å². The molecule has 0 saturated heterocycles. The van der Waals surface area contributed by atoms with Gasteiger partial charge in [-0.05, 0) is 48.8 Å². The highest BCUT2D eigenvalue weighted by molar-refractivity contribution is 5.76. The minimum Gasteiger partial charge on any atom is -0.307 e. The molecule has 0 atom stereocenters. The van der Waals surface area contributed by atoms with Gasteiger partial charge >= 0.3 is 0 Å². The van der Waals surface area contributed by atoms with Gasteiger partial charge in [0.2, 0.25) is 0 Å². The molecule has 1 heteroatoms. The fourth-order valence-electron chi connectivity index (χ4n) is 2.30. The van der Waals surface area contributed by atoms with Gasteiger partial charge in [0.25, 0.3) is 0 Å². The maximum atomic E-state index is 2.25. The molecule has 0 aromatic heterocycles. The minimum absolute atomic E-state index is 1.10. The lowest BCUT2D eigenvalue weighted by molar-refractivity contribution is 0.373. The highest BCUT2D eigenvalue weighted by Gasteiger charge is 2.15. The summed E-state index contributed by atoms with van der Waals surface area (Å²) >= 11 is 0. The van der Waals surface area contributed by atoms with Crippen LogP contribution >= 0.6 is 0 Å². The van der Waals surface area contributed by atoms with Crippen LogP contribution in [0.1, 0.15) is 38.8 Å². The van der Waals surface area contributed by atoms with Crippen LogP contribution in [-0.4, -0.2) is 25.0 Å². The summed E-state index contributed by atoms with van der Waals surface area (Å²) in [6.07, 6.45) is 1.10. The molecule has 0 bridgehead atoms. The van der Waals surface area contributed by atoms with E-state index >= 15 is 0 Å². The molecule has 0 N–H and O–H groups in total. The van der Waals surface area contributed by atoms with Crippen LogP contribution in [0, 0.1) is 0 Å². The summed E-state index contributed by atoms with van der Waals surface area (Å²) < 4.78 is 0. The Kier molecular flexibility index (Phi) is 7.78. The van der Waals surface area contributed by atoms with Crippen molar-refractivity contribution in [2.75, 3.05) is 20.1 Å². The Morgan fingerprint density at radius 2 is 1.14 bits per heavy atom. The van der Waals surface area contributed by atoms with Crippen LogP contribution in [0.15, 0.2) is 48.5 Å². The van der Waals surface area contributed by atoms with E-state index in [0.29, 0.717) is 0 Å². The molecule has 0 fully saturated rings. The van der Waals surface area contributed by atoms with Crippen LogP contribution in [0.3, 0.4) is 0 Å². The fourth-order valence-corrected chi connectivity index (χ4v) is 2.30. The molecule has 0 amide bonds. The van der Waals surface area contributed by atoms with Crippen LogP contribution in [0.25, 0.3) is 11.1 Å². The lowest BCUT2D eigenvalue weighted by Crippen LogP contribution is -2.15. The van der Waals surface area contributed by atoms with Crippen LogP contribution in [0.4, 0.5) is 0 Å². The maximum absolute atomic E-state index is 2.25. The molecule has 2 aromatic carbocycles. The second-order valence-corrected chi connectivity index (χ2v) is 4.98. The zero-order chi connectivity index (χ0) is 15.7. The second-order valence-electron chi connectivity index (χ2n) is 4.98. The third kappa shape index (κ3) is 4.71. The molecule has 0 heterocycles. The molecule has 2 aromatic rings. The molecular weight excluding hydrogens is 254 g/mol. The first kappa shape index (κ1) is 17.5. The zero-order valence-electron chi connectivity index (χ0n) is 14.2. The number of fused-ring (bicyclic) bond motifs is 3. The van der Waals surface area contributed by atoms with E-state index < -0.39 is 0 Å². The summed E-state index contributed by atoms with van der Waals surface area (Å²) in [4.78, 5) is 2.25. The lowest BCUT2D eigenvalue weighted by Gasteiger charge is -2.07. The van der Waals surface area contributed by atoms with Crippen molar-refractivity contribution in [3.63, 3.8) is 0 Å². The lowest BCUT2D eigenvalue weighted by atomic mass is 10.1. The van der Waals surface area contributed by atoms with Crippen LogP contribution < -0.4 is 0 Å². The largest absolute Gasteiger partial charge is 0.307 e. The second kappa shape index (κ2) is 9.36. The molecule has 1 aliphatic carbocycles. The van der Waals surface area contributed by atoms with E-state index in [4.69, 9.17) is 0 Å². The van der Waals surface area contributed by atoms with E-state index in [2.05, 4.69) is 74.3 Å². The van der Waals surface area contributed by atoms with Crippen molar-refractivity contribution in [3.05, 3.63) is 59.7 Å². The topological polar surface area (TPSA) is 3.24 Å². The van der Waals surface area contributed by atoms with Crippen molar-refractivity contribution >= 4 is 0 Å². The SMILES string of the molecule is CC.CCN(C)CC.c1ccc2c(c1)Cc1ccccc1-2. The molecule has 0 aliphatic heterocycles. The van der Waals surface area contributed by atoms with Crippen molar-refractivity contribution < 1.29 is 0 Å². The third-order valence-corrected chi connectivity index (χ3v) is 3.79. The predicted octanol–water partition coefficient (Wildman–Crippen LogP) is 5.24. The highest BCUT2D eigenvalue weighted by atomic mass is 15.1. The summed E-state index contributed by atoms with van der Waals surface area (Å²) in [6.45, 7) is 10.6. The Balaban J connectivity index is 0.000000237. The van der Waals surface area contributed by atoms with Crippen molar-refractivity contribution in [3.8, 4) is 11.1 Å². The number of rotatable bonds is 2. The molecule has 0 spiro atoms. The molecule has 21 heavy (non-hydrogen) atoms. The molecule has 114 valence electrons. The van der Waals surface area contributed by atoms with Gasteiger partial charge < -0.3 is 4.90 Å². The zero-order valence-corrected chi connectivity index (χ0v) is 14.2. The van der Waals surface area contributed by atoms with Gasteiger partial charge in [0, 0.05) is 0 Å². The summed E-state index contributed by atoms with van der Waals surface area (Å²) in [7, 11) is 2.11. The van der Waals surface area contributed by atoms with E-state index in [1.54, 1.807) is 0 Å². The summed E-state index contributed by atoms with van der Waals surface area (Å²) in [5.41, 5.74) is 5.75. The molecule has 0 unspecified atom stereocenters. The maximum Gasteiger partial charge on any atom is -0.00135 e. The Morgan fingerprint density at radius 3 is 1.48 bits per heavy atom. The van der Waals surface area contributed by atoms with Crippen LogP contribution in [0.5, 0.6) is 0 Å². The van der Waals surface area contributed by atoms with Crippen LogP contribution in [0.2, 0.25) is 0 Å².